The predicted octanol–water partition coefficient (Wildman–Crippen LogP) is 3.24. The zero-order valence-corrected chi connectivity index (χ0v) is 16.9. The highest BCUT2D eigenvalue weighted by Crippen LogP contribution is 2.19. The SMILES string of the molecule is CN=C(NCCc1ccncc1C)NCC(c1ccc(Cl)cc1)n1cccn1. The normalized spacial score (nSPS) is 12.6. The number of benzene rings is 1. The molecule has 146 valence electrons. The first-order valence-corrected chi connectivity index (χ1v) is 9.64. The van der Waals surface area contributed by atoms with Crippen molar-refractivity contribution in [2.45, 2.75) is 19.4 Å². The van der Waals surface area contributed by atoms with Crippen LogP contribution >= 0.6 is 11.6 Å². The lowest BCUT2D eigenvalue weighted by Crippen LogP contribution is -2.41. The quantitative estimate of drug-likeness (QED) is 0.475. The zero-order chi connectivity index (χ0) is 19.8. The number of rotatable bonds is 7. The van der Waals surface area contributed by atoms with E-state index in [1.807, 2.05) is 53.6 Å². The van der Waals surface area contributed by atoms with Gasteiger partial charge in [-0.25, -0.2) is 0 Å². The summed E-state index contributed by atoms with van der Waals surface area (Å²) in [5.74, 6) is 0.762. The lowest BCUT2D eigenvalue weighted by molar-refractivity contribution is 0.511. The average Bonchev–Trinajstić information content (AvgIpc) is 3.24. The van der Waals surface area contributed by atoms with Crippen LogP contribution in [0.2, 0.25) is 5.02 Å². The van der Waals surface area contributed by atoms with E-state index < -0.39 is 0 Å². The van der Waals surface area contributed by atoms with Crippen molar-refractivity contribution in [1.29, 1.82) is 0 Å². The largest absolute Gasteiger partial charge is 0.356 e. The van der Waals surface area contributed by atoms with Crippen molar-refractivity contribution < 1.29 is 0 Å². The zero-order valence-electron chi connectivity index (χ0n) is 16.1. The Hall–Kier alpha value is -2.86. The molecule has 2 heterocycles. The number of hydrogen-bond donors (Lipinski definition) is 2. The minimum atomic E-state index is 0.0354. The Labute approximate surface area is 170 Å². The lowest BCUT2D eigenvalue weighted by Gasteiger charge is -2.21. The first kappa shape index (κ1) is 19.9. The second kappa shape index (κ2) is 9.90. The molecule has 0 radical (unpaired) electrons. The summed E-state index contributed by atoms with van der Waals surface area (Å²) in [5, 5.41) is 11.9. The highest BCUT2D eigenvalue weighted by molar-refractivity contribution is 6.30. The Balaban J connectivity index is 1.60. The van der Waals surface area contributed by atoms with Crippen molar-refractivity contribution >= 4 is 17.6 Å². The van der Waals surface area contributed by atoms with Gasteiger partial charge in [-0.05, 0) is 54.3 Å². The Morgan fingerprint density at radius 3 is 2.68 bits per heavy atom. The smallest absolute Gasteiger partial charge is 0.191 e. The Kier molecular flexibility index (Phi) is 7.03. The maximum Gasteiger partial charge on any atom is 0.191 e. The monoisotopic (exact) mass is 396 g/mol. The third kappa shape index (κ3) is 5.33. The number of pyridine rings is 1. The van der Waals surface area contributed by atoms with Gasteiger partial charge in [0.05, 0.1) is 6.04 Å². The lowest BCUT2D eigenvalue weighted by atomic mass is 10.1. The molecule has 1 unspecified atom stereocenters. The minimum absolute atomic E-state index is 0.0354. The third-order valence-corrected chi connectivity index (χ3v) is 4.86. The summed E-state index contributed by atoms with van der Waals surface area (Å²) >= 11 is 6.04. The van der Waals surface area contributed by atoms with Gasteiger partial charge < -0.3 is 10.6 Å². The van der Waals surface area contributed by atoms with E-state index in [1.165, 1.54) is 11.1 Å². The van der Waals surface area contributed by atoms with Crippen molar-refractivity contribution in [3.05, 3.63) is 82.9 Å². The number of aryl methyl sites for hydroxylation is 1. The number of aliphatic imine (C=N–C) groups is 1. The summed E-state index contributed by atoms with van der Waals surface area (Å²) in [5.41, 5.74) is 3.62. The molecule has 7 heteroatoms. The van der Waals surface area contributed by atoms with Gasteiger partial charge in [-0.15, -0.1) is 0 Å². The van der Waals surface area contributed by atoms with Crippen LogP contribution in [0.5, 0.6) is 0 Å². The molecule has 0 amide bonds. The highest BCUT2D eigenvalue weighted by atomic mass is 35.5. The van der Waals surface area contributed by atoms with Gasteiger partial charge in [0.2, 0.25) is 0 Å². The average molecular weight is 397 g/mol. The number of halogens is 1. The molecule has 1 atom stereocenters. The Morgan fingerprint density at radius 2 is 2.00 bits per heavy atom. The van der Waals surface area contributed by atoms with Gasteiger partial charge in [0, 0.05) is 49.9 Å². The van der Waals surface area contributed by atoms with Crippen LogP contribution in [0, 0.1) is 6.92 Å². The second-order valence-corrected chi connectivity index (χ2v) is 6.92. The minimum Gasteiger partial charge on any atom is -0.356 e. The van der Waals surface area contributed by atoms with Gasteiger partial charge in [-0.2, -0.15) is 5.10 Å². The summed E-state index contributed by atoms with van der Waals surface area (Å²) < 4.78 is 1.93. The Bertz CT molecular complexity index is 890. The number of aromatic nitrogens is 3. The number of guanidine groups is 1. The van der Waals surface area contributed by atoms with Crippen molar-refractivity contribution in [2.24, 2.45) is 4.99 Å². The van der Waals surface area contributed by atoms with E-state index in [0.717, 1.165) is 29.5 Å². The number of nitrogens with one attached hydrogen (secondary N) is 2. The predicted molar refractivity (Wildman–Crippen MR) is 114 cm³/mol. The summed E-state index contributed by atoms with van der Waals surface area (Å²) in [7, 11) is 1.78. The van der Waals surface area contributed by atoms with E-state index in [1.54, 1.807) is 13.2 Å². The van der Waals surface area contributed by atoms with Crippen LogP contribution in [0.1, 0.15) is 22.7 Å². The van der Waals surface area contributed by atoms with Crippen molar-refractivity contribution in [2.75, 3.05) is 20.1 Å². The highest BCUT2D eigenvalue weighted by Gasteiger charge is 2.14. The molecule has 3 rings (SSSR count). The molecule has 3 aromatic rings. The van der Waals surface area contributed by atoms with Crippen LogP contribution in [0.15, 0.2) is 66.2 Å². The molecule has 28 heavy (non-hydrogen) atoms. The van der Waals surface area contributed by atoms with Crippen LogP contribution in [0.25, 0.3) is 0 Å². The van der Waals surface area contributed by atoms with Gasteiger partial charge >= 0.3 is 0 Å². The first-order valence-electron chi connectivity index (χ1n) is 9.26. The summed E-state index contributed by atoms with van der Waals surface area (Å²) in [4.78, 5) is 8.47. The van der Waals surface area contributed by atoms with E-state index in [0.29, 0.717) is 6.54 Å². The molecule has 0 fully saturated rings. The van der Waals surface area contributed by atoms with E-state index in [2.05, 4.69) is 38.7 Å². The maximum absolute atomic E-state index is 6.04. The molecule has 6 nitrogen and oxygen atoms in total. The number of nitrogens with zero attached hydrogens (tertiary/aromatic N) is 4. The molecule has 0 saturated heterocycles. The third-order valence-electron chi connectivity index (χ3n) is 4.61. The van der Waals surface area contributed by atoms with Crippen LogP contribution in [0.4, 0.5) is 0 Å². The maximum atomic E-state index is 6.04. The first-order chi connectivity index (χ1) is 13.7. The fourth-order valence-electron chi connectivity index (χ4n) is 3.03. The van der Waals surface area contributed by atoms with Gasteiger partial charge in [-0.1, -0.05) is 23.7 Å². The molecule has 1 aromatic carbocycles. The fraction of sp³-hybridized carbons (Fsp3) is 0.286. The van der Waals surface area contributed by atoms with Gasteiger partial charge in [0.25, 0.3) is 0 Å². The van der Waals surface area contributed by atoms with Crippen molar-refractivity contribution in [1.82, 2.24) is 25.4 Å². The van der Waals surface area contributed by atoms with Gasteiger partial charge in [-0.3, -0.25) is 14.7 Å². The molecule has 0 spiro atoms. The molecule has 0 aliphatic rings. The number of hydrogen-bond acceptors (Lipinski definition) is 3. The molecule has 0 bridgehead atoms. The molecule has 0 aliphatic heterocycles. The second-order valence-electron chi connectivity index (χ2n) is 6.49. The summed E-state index contributed by atoms with van der Waals surface area (Å²) in [6.07, 6.45) is 8.38. The van der Waals surface area contributed by atoms with E-state index >= 15 is 0 Å². The van der Waals surface area contributed by atoms with E-state index in [4.69, 9.17) is 11.6 Å². The van der Waals surface area contributed by atoms with Crippen LogP contribution < -0.4 is 10.6 Å². The molecular weight excluding hydrogens is 372 g/mol. The van der Waals surface area contributed by atoms with Gasteiger partial charge in [0.1, 0.15) is 0 Å². The Morgan fingerprint density at radius 1 is 1.18 bits per heavy atom. The summed E-state index contributed by atoms with van der Waals surface area (Å²) in [6.45, 7) is 3.52. The molecule has 0 saturated carbocycles. The molecule has 0 aliphatic carbocycles. The fourth-order valence-corrected chi connectivity index (χ4v) is 3.15. The topological polar surface area (TPSA) is 67.1 Å². The molecular formula is C21H25ClN6. The van der Waals surface area contributed by atoms with Gasteiger partial charge in [0.15, 0.2) is 5.96 Å². The van der Waals surface area contributed by atoms with Crippen LogP contribution in [0.3, 0.4) is 0 Å². The molecule has 2 aromatic heterocycles. The van der Waals surface area contributed by atoms with E-state index in [9.17, 15) is 0 Å². The van der Waals surface area contributed by atoms with Crippen LogP contribution in [-0.2, 0) is 6.42 Å². The van der Waals surface area contributed by atoms with Crippen LogP contribution in [-0.4, -0.2) is 40.9 Å². The summed E-state index contributed by atoms with van der Waals surface area (Å²) in [6, 6.07) is 11.9. The standard InChI is InChI=1S/C21H25ClN6/c1-16-14-24-11-8-17(16)9-12-25-21(23-2)26-15-20(28-13-3-10-27-28)18-4-6-19(22)7-5-18/h3-8,10-11,13-14,20H,9,12,15H2,1-2H3,(H2,23,25,26). The van der Waals surface area contributed by atoms with Crippen molar-refractivity contribution in [3.63, 3.8) is 0 Å². The van der Waals surface area contributed by atoms with Crippen molar-refractivity contribution in [3.8, 4) is 0 Å². The molecule has 2 N–H and O–H groups in total. The van der Waals surface area contributed by atoms with E-state index in [-0.39, 0.29) is 6.04 Å².